The smallest absolute Gasteiger partial charge is 0.223 e. The molecule has 1 rings (SSSR count). The Morgan fingerprint density at radius 1 is 1.27 bits per heavy atom. The molecule has 5 nitrogen and oxygen atoms in total. The van der Waals surface area contributed by atoms with Gasteiger partial charge >= 0.3 is 0 Å². The molecule has 0 radical (unpaired) electrons. The fourth-order valence-electron chi connectivity index (χ4n) is 0.989. The molecule has 0 saturated heterocycles. The molecule has 0 aliphatic carbocycles. The zero-order valence-corrected chi connectivity index (χ0v) is 8.99. The van der Waals surface area contributed by atoms with Crippen molar-refractivity contribution in [3.63, 3.8) is 0 Å². The van der Waals surface area contributed by atoms with Crippen LogP contribution in [0.4, 0.5) is 5.69 Å². The van der Waals surface area contributed by atoms with Crippen molar-refractivity contribution in [2.45, 2.75) is 6.92 Å². The van der Waals surface area contributed by atoms with E-state index in [1.807, 2.05) is 13.0 Å². The van der Waals surface area contributed by atoms with E-state index < -0.39 is 0 Å². The minimum absolute atomic E-state index is 0.0255. The van der Waals surface area contributed by atoms with Gasteiger partial charge < -0.3 is 17.2 Å². The van der Waals surface area contributed by atoms with E-state index in [0.29, 0.717) is 10.7 Å². The summed E-state index contributed by atoms with van der Waals surface area (Å²) in [6.45, 7) is 1.92. The first-order chi connectivity index (χ1) is 6.99. The van der Waals surface area contributed by atoms with E-state index in [1.54, 1.807) is 12.1 Å². The summed E-state index contributed by atoms with van der Waals surface area (Å²) in [4.78, 5) is 7.56. The van der Waals surface area contributed by atoms with Crippen molar-refractivity contribution in [3.05, 3.63) is 28.8 Å². The lowest BCUT2D eigenvalue weighted by atomic mass is 10.2. The Labute approximate surface area is 92.6 Å². The summed E-state index contributed by atoms with van der Waals surface area (Å²) in [6.07, 6.45) is 0. The first-order valence-electron chi connectivity index (χ1n) is 4.19. The number of guanidine groups is 2. The number of hydrogen-bond donors (Lipinski definition) is 3. The van der Waals surface area contributed by atoms with Crippen molar-refractivity contribution < 1.29 is 0 Å². The third-order valence-corrected chi connectivity index (χ3v) is 1.90. The van der Waals surface area contributed by atoms with Gasteiger partial charge in [0.15, 0.2) is 5.96 Å². The van der Waals surface area contributed by atoms with E-state index in [4.69, 9.17) is 28.8 Å². The van der Waals surface area contributed by atoms with Crippen LogP contribution in [0.2, 0.25) is 5.02 Å². The fourth-order valence-corrected chi connectivity index (χ4v) is 1.15. The van der Waals surface area contributed by atoms with E-state index in [-0.39, 0.29) is 11.9 Å². The topological polar surface area (TPSA) is 103 Å². The van der Waals surface area contributed by atoms with Crippen LogP contribution in [0.15, 0.2) is 28.2 Å². The second-order valence-corrected chi connectivity index (χ2v) is 3.37. The van der Waals surface area contributed by atoms with Crippen LogP contribution in [-0.2, 0) is 0 Å². The second-order valence-electron chi connectivity index (χ2n) is 2.96. The molecule has 0 heterocycles. The number of benzene rings is 1. The van der Waals surface area contributed by atoms with Crippen molar-refractivity contribution in [3.8, 4) is 0 Å². The molecule has 1 aromatic rings. The number of halogens is 1. The van der Waals surface area contributed by atoms with Crippen LogP contribution < -0.4 is 17.2 Å². The van der Waals surface area contributed by atoms with Crippen LogP contribution in [0, 0.1) is 6.92 Å². The van der Waals surface area contributed by atoms with Crippen molar-refractivity contribution in [2.24, 2.45) is 27.2 Å². The predicted molar refractivity (Wildman–Crippen MR) is 63.3 cm³/mol. The lowest BCUT2D eigenvalue weighted by molar-refractivity contribution is 1.36. The van der Waals surface area contributed by atoms with Crippen LogP contribution in [0.5, 0.6) is 0 Å². The molecule has 0 amide bonds. The zero-order valence-electron chi connectivity index (χ0n) is 8.24. The Morgan fingerprint density at radius 2 is 1.93 bits per heavy atom. The minimum Gasteiger partial charge on any atom is -0.370 e. The Kier molecular flexibility index (Phi) is 3.51. The van der Waals surface area contributed by atoms with Crippen LogP contribution in [0.3, 0.4) is 0 Å². The zero-order chi connectivity index (χ0) is 11.4. The molecule has 0 bridgehead atoms. The quantitative estimate of drug-likeness (QED) is 0.488. The van der Waals surface area contributed by atoms with E-state index in [2.05, 4.69) is 9.98 Å². The highest BCUT2D eigenvalue weighted by Crippen LogP contribution is 2.25. The second kappa shape index (κ2) is 4.65. The number of aliphatic imine (C=N–C) groups is 2. The van der Waals surface area contributed by atoms with Crippen LogP contribution >= 0.6 is 11.6 Å². The molecule has 0 unspecified atom stereocenters. The predicted octanol–water partition coefficient (Wildman–Crippen LogP) is 0.868. The maximum atomic E-state index is 5.90. The first-order valence-corrected chi connectivity index (χ1v) is 4.57. The minimum atomic E-state index is -0.139. The Morgan fingerprint density at radius 3 is 2.53 bits per heavy atom. The molecular weight excluding hydrogens is 214 g/mol. The molecule has 6 heteroatoms. The number of aryl methyl sites for hydroxylation is 1. The number of nitrogens with zero attached hydrogens (tertiary/aromatic N) is 2. The summed E-state index contributed by atoms with van der Waals surface area (Å²) in [6, 6.07) is 5.40. The number of rotatable bonds is 1. The SMILES string of the molecule is Cc1ccc(Cl)c(N=C(N)N=C(N)N)c1. The average Bonchev–Trinajstić information content (AvgIpc) is 2.10. The van der Waals surface area contributed by atoms with Crippen molar-refractivity contribution >= 4 is 29.2 Å². The van der Waals surface area contributed by atoms with Crippen LogP contribution in [0.25, 0.3) is 0 Å². The monoisotopic (exact) mass is 225 g/mol. The largest absolute Gasteiger partial charge is 0.370 e. The Balaban J connectivity index is 3.07. The van der Waals surface area contributed by atoms with Gasteiger partial charge in [0.2, 0.25) is 5.96 Å². The van der Waals surface area contributed by atoms with E-state index in [0.717, 1.165) is 5.56 Å². The van der Waals surface area contributed by atoms with Crippen molar-refractivity contribution in [2.75, 3.05) is 0 Å². The number of hydrogen-bond acceptors (Lipinski definition) is 1. The van der Waals surface area contributed by atoms with Gasteiger partial charge in [-0.15, -0.1) is 0 Å². The summed E-state index contributed by atoms with van der Waals surface area (Å²) in [5.41, 5.74) is 17.3. The highest BCUT2D eigenvalue weighted by Gasteiger charge is 1.99. The highest BCUT2D eigenvalue weighted by atomic mass is 35.5. The van der Waals surface area contributed by atoms with Crippen LogP contribution in [0.1, 0.15) is 5.56 Å². The van der Waals surface area contributed by atoms with Gasteiger partial charge in [0.1, 0.15) is 0 Å². The third kappa shape index (κ3) is 3.47. The molecule has 0 spiro atoms. The normalized spacial score (nSPS) is 11.2. The molecule has 6 N–H and O–H groups in total. The first kappa shape index (κ1) is 11.3. The van der Waals surface area contributed by atoms with Gasteiger partial charge in [0, 0.05) is 0 Å². The van der Waals surface area contributed by atoms with Crippen molar-refractivity contribution in [1.82, 2.24) is 0 Å². The highest BCUT2D eigenvalue weighted by molar-refractivity contribution is 6.33. The van der Waals surface area contributed by atoms with Crippen LogP contribution in [-0.4, -0.2) is 11.9 Å². The molecule has 0 atom stereocenters. The summed E-state index contributed by atoms with van der Waals surface area (Å²) in [7, 11) is 0. The van der Waals surface area contributed by atoms with Crippen molar-refractivity contribution in [1.29, 1.82) is 0 Å². The summed E-state index contributed by atoms with van der Waals surface area (Å²) in [5, 5.41) is 0.495. The molecule has 80 valence electrons. The molecule has 0 fully saturated rings. The maximum absolute atomic E-state index is 5.90. The van der Waals surface area contributed by atoms with Gasteiger partial charge in [0.25, 0.3) is 0 Å². The van der Waals surface area contributed by atoms with E-state index in [1.165, 1.54) is 0 Å². The molecule has 0 saturated carbocycles. The van der Waals surface area contributed by atoms with Gasteiger partial charge in [-0.2, -0.15) is 4.99 Å². The maximum Gasteiger partial charge on any atom is 0.223 e. The Bertz CT molecular complexity index is 421. The molecule has 0 aliphatic rings. The molecule has 0 aliphatic heterocycles. The van der Waals surface area contributed by atoms with Gasteiger partial charge in [-0.1, -0.05) is 17.7 Å². The standard InChI is InChI=1S/C9H12ClN5/c1-5-2-3-6(10)7(4-5)14-9(13)15-8(11)12/h2-4H,1H3,(H6,11,12,13,14,15). The Hall–Kier alpha value is -1.75. The molecule has 15 heavy (non-hydrogen) atoms. The third-order valence-electron chi connectivity index (χ3n) is 1.58. The van der Waals surface area contributed by atoms with E-state index in [9.17, 15) is 0 Å². The summed E-state index contributed by atoms with van der Waals surface area (Å²) >= 11 is 5.90. The molecule has 0 aromatic heterocycles. The van der Waals surface area contributed by atoms with Gasteiger partial charge in [-0.3, -0.25) is 0 Å². The van der Waals surface area contributed by atoms with E-state index >= 15 is 0 Å². The summed E-state index contributed by atoms with van der Waals surface area (Å²) in [5.74, 6) is -0.164. The lowest BCUT2D eigenvalue weighted by Gasteiger charge is -2.00. The molecular formula is C9H12ClN5. The fraction of sp³-hybridized carbons (Fsp3) is 0.111. The molecule has 1 aromatic carbocycles. The van der Waals surface area contributed by atoms with Gasteiger partial charge in [-0.05, 0) is 24.6 Å². The average molecular weight is 226 g/mol. The lowest BCUT2D eigenvalue weighted by Crippen LogP contribution is -2.26. The summed E-state index contributed by atoms with van der Waals surface area (Å²) < 4.78 is 0. The van der Waals surface area contributed by atoms with Gasteiger partial charge in [0.05, 0.1) is 10.7 Å². The number of nitrogens with two attached hydrogens (primary N) is 3. The van der Waals surface area contributed by atoms with Gasteiger partial charge in [-0.25, -0.2) is 4.99 Å².